The first kappa shape index (κ1) is 14.1. The van der Waals surface area contributed by atoms with Crippen molar-refractivity contribution >= 4 is 0 Å². The number of nitrogens with zero attached hydrogens (tertiary/aromatic N) is 1. The third-order valence-corrected chi connectivity index (χ3v) is 3.68. The predicted octanol–water partition coefficient (Wildman–Crippen LogP) is 2.36. The molecule has 0 amide bonds. The average Bonchev–Trinajstić information content (AvgIpc) is 2.69. The topological polar surface area (TPSA) is 49.5 Å². The number of rotatable bonds is 2. The van der Waals surface area contributed by atoms with Crippen LogP contribution in [0, 0.1) is 5.92 Å². The molecule has 1 heterocycles. The summed E-state index contributed by atoms with van der Waals surface area (Å²) >= 11 is 0. The summed E-state index contributed by atoms with van der Waals surface area (Å²) < 4.78 is 37.6. The highest BCUT2D eigenvalue weighted by atomic mass is 19.4. The SMILES string of the molecule is CN1CC(CN)CC1c1ccc(C(F)(F)F)cc1O. The Labute approximate surface area is 109 Å². The van der Waals surface area contributed by atoms with Crippen LogP contribution < -0.4 is 5.73 Å². The number of benzene rings is 1. The molecule has 0 saturated carbocycles. The van der Waals surface area contributed by atoms with Crippen molar-refractivity contribution in [2.24, 2.45) is 11.7 Å². The van der Waals surface area contributed by atoms with Gasteiger partial charge >= 0.3 is 6.18 Å². The van der Waals surface area contributed by atoms with Gasteiger partial charge in [0, 0.05) is 18.2 Å². The minimum absolute atomic E-state index is 0.0733. The molecule has 6 heteroatoms. The van der Waals surface area contributed by atoms with Crippen LogP contribution in [-0.4, -0.2) is 30.1 Å². The van der Waals surface area contributed by atoms with Crippen LogP contribution >= 0.6 is 0 Å². The van der Waals surface area contributed by atoms with Crippen LogP contribution in [0.1, 0.15) is 23.6 Å². The molecule has 0 aromatic heterocycles. The molecule has 106 valence electrons. The number of halogens is 3. The Balaban J connectivity index is 2.27. The molecular formula is C13H17F3N2O. The number of alkyl halides is 3. The fraction of sp³-hybridized carbons (Fsp3) is 0.538. The van der Waals surface area contributed by atoms with E-state index in [1.165, 1.54) is 6.07 Å². The monoisotopic (exact) mass is 274 g/mol. The molecule has 3 nitrogen and oxygen atoms in total. The molecule has 0 radical (unpaired) electrons. The highest BCUT2D eigenvalue weighted by Gasteiger charge is 2.34. The summed E-state index contributed by atoms with van der Waals surface area (Å²) in [5.74, 6) is 0.0149. The number of likely N-dealkylation sites (tertiary alicyclic amines) is 1. The van der Waals surface area contributed by atoms with Crippen molar-refractivity contribution in [2.75, 3.05) is 20.1 Å². The lowest BCUT2D eigenvalue weighted by Crippen LogP contribution is -2.20. The number of phenols is 1. The first-order chi connectivity index (χ1) is 8.82. The lowest BCUT2D eigenvalue weighted by Gasteiger charge is -2.21. The summed E-state index contributed by atoms with van der Waals surface area (Å²) in [5.41, 5.74) is 5.32. The quantitative estimate of drug-likeness (QED) is 0.870. The normalized spacial score (nSPS) is 24.9. The van der Waals surface area contributed by atoms with E-state index in [1.807, 2.05) is 11.9 Å². The summed E-state index contributed by atoms with van der Waals surface area (Å²) in [6, 6.07) is 3.09. The van der Waals surface area contributed by atoms with Gasteiger partial charge in [0.2, 0.25) is 0 Å². The molecule has 2 rings (SSSR count). The van der Waals surface area contributed by atoms with Gasteiger partial charge < -0.3 is 10.8 Å². The Bertz CT molecular complexity index is 462. The standard InChI is InChI=1S/C13H17F3N2O/c1-18-7-8(6-17)4-11(18)10-3-2-9(5-12(10)19)13(14,15)16/h2-3,5,8,11,19H,4,6-7,17H2,1H3. The molecule has 1 saturated heterocycles. The Morgan fingerprint density at radius 3 is 2.58 bits per heavy atom. The van der Waals surface area contributed by atoms with Crippen LogP contribution in [0.4, 0.5) is 13.2 Å². The number of hydrogen-bond donors (Lipinski definition) is 2. The van der Waals surface area contributed by atoms with Crippen LogP contribution in [0.25, 0.3) is 0 Å². The van der Waals surface area contributed by atoms with Gasteiger partial charge in [-0.15, -0.1) is 0 Å². The molecule has 2 atom stereocenters. The van der Waals surface area contributed by atoms with E-state index >= 15 is 0 Å². The molecule has 2 unspecified atom stereocenters. The van der Waals surface area contributed by atoms with E-state index < -0.39 is 11.7 Å². The molecule has 3 N–H and O–H groups in total. The van der Waals surface area contributed by atoms with Gasteiger partial charge in [-0.05, 0) is 38.1 Å². The first-order valence-electron chi connectivity index (χ1n) is 6.13. The third kappa shape index (κ3) is 2.84. The highest BCUT2D eigenvalue weighted by Crippen LogP contribution is 2.40. The lowest BCUT2D eigenvalue weighted by atomic mass is 9.98. The van der Waals surface area contributed by atoms with Crippen molar-refractivity contribution in [2.45, 2.75) is 18.6 Å². The summed E-state index contributed by atoms with van der Waals surface area (Å²) in [7, 11) is 1.89. The minimum atomic E-state index is -4.43. The van der Waals surface area contributed by atoms with E-state index in [0.29, 0.717) is 18.0 Å². The third-order valence-electron chi connectivity index (χ3n) is 3.68. The maximum atomic E-state index is 12.5. The number of hydrogen-bond acceptors (Lipinski definition) is 3. The molecule has 1 fully saturated rings. The zero-order valence-corrected chi connectivity index (χ0v) is 10.6. The van der Waals surface area contributed by atoms with Crippen LogP contribution in [0.3, 0.4) is 0 Å². The fourth-order valence-corrected chi connectivity index (χ4v) is 2.64. The van der Waals surface area contributed by atoms with Crippen LogP contribution in [0.15, 0.2) is 18.2 Å². The molecule has 0 aliphatic carbocycles. The minimum Gasteiger partial charge on any atom is -0.508 e. The highest BCUT2D eigenvalue weighted by molar-refractivity contribution is 5.40. The Morgan fingerprint density at radius 1 is 1.42 bits per heavy atom. The Kier molecular flexibility index (Phi) is 3.73. The lowest BCUT2D eigenvalue weighted by molar-refractivity contribution is -0.137. The van der Waals surface area contributed by atoms with E-state index in [-0.39, 0.29) is 11.8 Å². The number of aromatic hydroxyl groups is 1. The largest absolute Gasteiger partial charge is 0.508 e. The second-order valence-corrected chi connectivity index (χ2v) is 5.06. The van der Waals surface area contributed by atoms with Gasteiger partial charge in [-0.3, -0.25) is 4.90 Å². The summed E-state index contributed by atoms with van der Waals surface area (Å²) in [5, 5.41) is 9.83. The zero-order valence-electron chi connectivity index (χ0n) is 10.6. The van der Waals surface area contributed by atoms with Crippen molar-refractivity contribution in [1.82, 2.24) is 4.90 Å². The maximum absolute atomic E-state index is 12.5. The number of phenolic OH excluding ortho intramolecular Hbond substituents is 1. The average molecular weight is 274 g/mol. The van der Waals surface area contributed by atoms with E-state index in [4.69, 9.17) is 5.73 Å². The molecule has 1 aliphatic heterocycles. The van der Waals surface area contributed by atoms with Crippen LogP contribution in [0.5, 0.6) is 5.75 Å². The first-order valence-corrected chi connectivity index (χ1v) is 6.13. The van der Waals surface area contributed by atoms with Gasteiger partial charge in [0.15, 0.2) is 0 Å². The second-order valence-electron chi connectivity index (χ2n) is 5.06. The van der Waals surface area contributed by atoms with Gasteiger partial charge in [-0.2, -0.15) is 13.2 Å². The molecule has 0 spiro atoms. The van der Waals surface area contributed by atoms with Crippen LogP contribution in [-0.2, 0) is 6.18 Å². The Morgan fingerprint density at radius 2 is 2.11 bits per heavy atom. The van der Waals surface area contributed by atoms with Crippen molar-refractivity contribution < 1.29 is 18.3 Å². The molecule has 1 aliphatic rings. The van der Waals surface area contributed by atoms with Crippen molar-refractivity contribution in [3.63, 3.8) is 0 Å². The molecule has 1 aromatic rings. The van der Waals surface area contributed by atoms with Crippen LogP contribution in [0.2, 0.25) is 0 Å². The predicted molar refractivity (Wildman–Crippen MR) is 65.6 cm³/mol. The smallest absolute Gasteiger partial charge is 0.416 e. The van der Waals surface area contributed by atoms with E-state index in [2.05, 4.69) is 0 Å². The van der Waals surface area contributed by atoms with E-state index in [0.717, 1.165) is 25.1 Å². The van der Waals surface area contributed by atoms with E-state index in [9.17, 15) is 18.3 Å². The maximum Gasteiger partial charge on any atom is 0.416 e. The van der Waals surface area contributed by atoms with Gasteiger partial charge in [-0.25, -0.2) is 0 Å². The van der Waals surface area contributed by atoms with Crippen molar-refractivity contribution in [1.29, 1.82) is 0 Å². The molecule has 0 bridgehead atoms. The van der Waals surface area contributed by atoms with Gasteiger partial charge in [0.25, 0.3) is 0 Å². The second kappa shape index (κ2) is 5.02. The molecule has 19 heavy (non-hydrogen) atoms. The van der Waals surface area contributed by atoms with Gasteiger partial charge in [0.05, 0.1) is 5.56 Å². The van der Waals surface area contributed by atoms with Crippen molar-refractivity contribution in [3.05, 3.63) is 29.3 Å². The number of nitrogens with two attached hydrogens (primary N) is 1. The summed E-state index contributed by atoms with van der Waals surface area (Å²) in [4.78, 5) is 2.01. The van der Waals surface area contributed by atoms with Gasteiger partial charge in [0.1, 0.15) is 5.75 Å². The molecule has 1 aromatic carbocycles. The van der Waals surface area contributed by atoms with Gasteiger partial charge in [-0.1, -0.05) is 6.07 Å². The van der Waals surface area contributed by atoms with E-state index in [1.54, 1.807) is 0 Å². The fourth-order valence-electron chi connectivity index (χ4n) is 2.64. The van der Waals surface area contributed by atoms with Crippen molar-refractivity contribution in [3.8, 4) is 5.75 Å². The summed E-state index contributed by atoms with van der Waals surface area (Å²) in [6.45, 7) is 1.34. The molecular weight excluding hydrogens is 257 g/mol. The Hall–Kier alpha value is -1.27. The zero-order chi connectivity index (χ0) is 14.2. The summed E-state index contributed by atoms with van der Waals surface area (Å²) in [6.07, 6.45) is -3.68.